The van der Waals surface area contributed by atoms with Crippen LogP contribution in [0.25, 0.3) is 0 Å². The van der Waals surface area contributed by atoms with Gasteiger partial charge in [0.05, 0.1) is 0 Å². The zero-order valence-corrected chi connectivity index (χ0v) is 10.8. The fraction of sp³-hybridized carbons (Fsp3) is 1.00. The van der Waals surface area contributed by atoms with Gasteiger partial charge in [-0.05, 0) is 38.8 Å². The Bertz CT molecular complexity index is 151. The molecule has 1 aliphatic carbocycles. The van der Waals surface area contributed by atoms with Crippen LogP contribution < -0.4 is 5.32 Å². The molecule has 1 rings (SSSR count). The molecular formula is C13H28N2. The Morgan fingerprint density at radius 1 is 1.20 bits per heavy atom. The van der Waals surface area contributed by atoms with Crippen LogP contribution in [0.5, 0.6) is 0 Å². The molecule has 2 heteroatoms. The monoisotopic (exact) mass is 212 g/mol. The van der Waals surface area contributed by atoms with Crippen LogP contribution in [0.4, 0.5) is 0 Å². The average Bonchev–Trinajstić information content (AvgIpc) is 2.69. The van der Waals surface area contributed by atoms with Gasteiger partial charge in [0.2, 0.25) is 0 Å². The molecule has 1 saturated carbocycles. The molecule has 0 saturated heterocycles. The predicted octanol–water partition coefficient (Wildman–Crippen LogP) is 2.50. The Kier molecular flexibility index (Phi) is 6.26. The highest BCUT2D eigenvalue weighted by Crippen LogP contribution is 2.21. The van der Waals surface area contributed by atoms with Gasteiger partial charge in [0.25, 0.3) is 0 Å². The second-order valence-electron chi connectivity index (χ2n) is 5.35. The Labute approximate surface area is 95.4 Å². The molecule has 90 valence electrons. The van der Waals surface area contributed by atoms with Crippen molar-refractivity contribution in [3.05, 3.63) is 0 Å². The lowest BCUT2D eigenvalue weighted by Crippen LogP contribution is -2.35. The van der Waals surface area contributed by atoms with E-state index in [-0.39, 0.29) is 0 Å². The van der Waals surface area contributed by atoms with Crippen molar-refractivity contribution in [3.8, 4) is 0 Å². The number of rotatable bonds is 7. The van der Waals surface area contributed by atoms with Crippen molar-refractivity contribution >= 4 is 0 Å². The summed E-state index contributed by atoms with van der Waals surface area (Å²) in [7, 11) is 2.28. The summed E-state index contributed by atoms with van der Waals surface area (Å²) in [4.78, 5) is 2.54. The Morgan fingerprint density at radius 2 is 1.87 bits per heavy atom. The summed E-state index contributed by atoms with van der Waals surface area (Å²) in [6, 6.07) is 0.872. The van der Waals surface area contributed by atoms with E-state index in [1.165, 1.54) is 45.2 Å². The summed E-state index contributed by atoms with van der Waals surface area (Å²) in [5.74, 6) is 0.824. The van der Waals surface area contributed by atoms with Gasteiger partial charge in [-0.1, -0.05) is 26.7 Å². The van der Waals surface area contributed by atoms with Crippen LogP contribution >= 0.6 is 0 Å². The predicted molar refractivity (Wildman–Crippen MR) is 67.2 cm³/mol. The normalized spacial score (nSPS) is 18.2. The highest BCUT2D eigenvalue weighted by atomic mass is 15.1. The molecular weight excluding hydrogens is 184 g/mol. The van der Waals surface area contributed by atoms with E-state index in [0.29, 0.717) is 0 Å². The van der Waals surface area contributed by atoms with Gasteiger partial charge >= 0.3 is 0 Å². The molecule has 0 aromatic carbocycles. The van der Waals surface area contributed by atoms with Gasteiger partial charge in [-0.2, -0.15) is 0 Å². The fourth-order valence-electron chi connectivity index (χ4n) is 2.30. The number of hydrogen-bond acceptors (Lipinski definition) is 2. The summed E-state index contributed by atoms with van der Waals surface area (Å²) >= 11 is 0. The molecule has 0 unspecified atom stereocenters. The summed E-state index contributed by atoms with van der Waals surface area (Å²) < 4.78 is 0. The van der Waals surface area contributed by atoms with Crippen LogP contribution in [0, 0.1) is 5.92 Å². The Hall–Kier alpha value is -0.0800. The first-order chi connectivity index (χ1) is 7.20. The van der Waals surface area contributed by atoms with Gasteiger partial charge in [-0.25, -0.2) is 0 Å². The maximum atomic E-state index is 3.53. The standard InChI is InChI=1S/C13H28N2/c1-12(2)8-9-14-10-11-15(3)13-6-4-5-7-13/h12-14H,4-11H2,1-3H3. The molecule has 0 heterocycles. The molecule has 2 nitrogen and oxygen atoms in total. The largest absolute Gasteiger partial charge is 0.315 e. The van der Waals surface area contributed by atoms with Crippen molar-refractivity contribution in [1.29, 1.82) is 0 Å². The summed E-state index contributed by atoms with van der Waals surface area (Å²) in [6.45, 7) is 8.11. The van der Waals surface area contributed by atoms with E-state index in [1.54, 1.807) is 0 Å². The van der Waals surface area contributed by atoms with Gasteiger partial charge in [0.1, 0.15) is 0 Å². The molecule has 0 atom stereocenters. The van der Waals surface area contributed by atoms with Crippen molar-refractivity contribution in [3.63, 3.8) is 0 Å². The fourth-order valence-corrected chi connectivity index (χ4v) is 2.30. The van der Waals surface area contributed by atoms with Crippen LogP contribution in [0.2, 0.25) is 0 Å². The third-order valence-corrected chi connectivity index (χ3v) is 3.49. The van der Waals surface area contributed by atoms with E-state index < -0.39 is 0 Å². The molecule has 0 aliphatic heterocycles. The van der Waals surface area contributed by atoms with Crippen LogP contribution in [0.3, 0.4) is 0 Å². The third-order valence-electron chi connectivity index (χ3n) is 3.49. The first kappa shape index (κ1) is 13.0. The van der Waals surface area contributed by atoms with E-state index >= 15 is 0 Å². The minimum atomic E-state index is 0.824. The van der Waals surface area contributed by atoms with Gasteiger partial charge in [0, 0.05) is 19.1 Å². The smallest absolute Gasteiger partial charge is 0.0107 e. The van der Waals surface area contributed by atoms with Gasteiger partial charge in [-0.3, -0.25) is 0 Å². The summed E-state index contributed by atoms with van der Waals surface area (Å²) in [6.07, 6.45) is 7.02. The van der Waals surface area contributed by atoms with E-state index in [1.807, 2.05) is 0 Å². The highest BCUT2D eigenvalue weighted by molar-refractivity contribution is 4.75. The van der Waals surface area contributed by atoms with Crippen molar-refractivity contribution in [2.45, 2.75) is 52.0 Å². The van der Waals surface area contributed by atoms with Crippen molar-refractivity contribution in [2.75, 3.05) is 26.7 Å². The highest BCUT2D eigenvalue weighted by Gasteiger charge is 2.18. The maximum Gasteiger partial charge on any atom is 0.0107 e. The van der Waals surface area contributed by atoms with Crippen molar-refractivity contribution in [1.82, 2.24) is 10.2 Å². The molecule has 1 aliphatic rings. The second kappa shape index (κ2) is 7.24. The molecule has 1 fully saturated rings. The topological polar surface area (TPSA) is 15.3 Å². The van der Waals surface area contributed by atoms with E-state index in [2.05, 4.69) is 31.1 Å². The van der Waals surface area contributed by atoms with E-state index in [4.69, 9.17) is 0 Å². The van der Waals surface area contributed by atoms with Crippen LogP contribution in [-0.4, -0.2) is 37.6 Å². The number of nitrogens with one attached hydrogen (secondary N) is 1. The molecule has 0 spiro atoms. The lowest BCUT2D eigenvalue weighted by Gasteiger charge is -2.24. The molecule has 0 bridgehead atoms. The molecule has 1 N–H and O–H groups in total. The van der Waals surface area contributed by atoms with E-state index in [0.717, 1.165) is 18.5 Å². The Balaban J connectivity index is 1.94. The minimum absolute atomic E-state index is 0.824. The SMILES string of the molecule is CC(C)CCNCCN(C)C1CCCC1. The molecule has 0 aromatic heterocycles. The number of hydrogen-bond donors (Lipinski definition) is 1. The quantitative estimate of drug-likeness (QED) is 0.652. The first-order valence-electron chi connectivity index (χ1n) is 6.61. The van der Waals surface area contributed by atoms with Crippen LogP contribution in [0.15, 0.2) is 0 Å². The zero-order chi connectivity index (χ0) is 11.1. The molecule has 0 aromatic rings. The van der Waals surface area contributed by atoms with Crippen molar-refractivity contribution < 1.29 is 0 Å². The second-order valence-corrected chi connectivity index (χ2v) is 5.35. The minimum Gasteiger partial charge on any atom is -0.315 e. The van der Waals surface area contributed by atoms with Crippen LogP contribution in [-0.2, 0) is 0 Å². The van der Waals surface area contributed by atoms with Gasteiger partial charge in [0.15, 0.2) is 0 Å². The van der Waals surface area contributed by atoms with E-state index in [9.17, 15) is 0 Å². The summed E-state index contributed by atoms with van der Waals surface area (Å²) in [5, 5.41) is 3.53. The average molecular weight is 212 g/mol. The summed E-state index contributed by atoms with van der Waals surface area (Å²) in [5.41, 5.74) is 0. The zero-order valence-electron chi connectivity index (χ0n) is 10.8. The lowest BCUT2D eigenvalue weighted by molar-refractivity contribution is 0.245. The number of likely N-dealkylation sites (N-methyl/N-ethyl adjacent to an activating group) is 1. The molecule has 0 radical (unpaired) electrons. The van der Waals surface area contributed by atoms with Crippen molar-refractivity contribution in [2.24, 2.45) is 5.92 Å². The third kappa shape index (κ3) is 5.53. The maximum absolute atomic E-state index is 3.53. The number of nitrogens with zero attached hydrogens (tertiary/aromatic N) is 1. The van der Waals surface area contributed by atoms with Gasteiger partial charge in [-0.15, -0.1) is 0 Å². The Morgan fingerprint density at radius 3 is 2.47 bits per heavy atom. The van der Waals surface area contributed by atoms with Crippen LogP contribution in [0.1, 0.15) is 46.0 Å². The first-order valence-corrected chi connectivity index (χ1v) is 6.61. The van der Waals surface area contributed by atoms with Gasteiger partial charge < -0.3 is 10.2 Å². The lowest BCUT2D eigenvalue weighted by atomic mass is 10.1. The molecule has 15 heavy (non-hydrogen) atoms. The molecule has 0 amide bonds.